The van der Waals surface area contributed by atoms with Crippen molar-refractivity contribution < 1.29 is 18.3 Å². The van der Waals surface area contributed by atoms with E-state index in [1.165, 1.54) is 6.07 Å². The molecule has 1 atom stereocenters. The third-order valence-electron chi connectivity index (χ3n) is 4.80. The maximum Gasteiger partial charge on any atom is 0.220 e. The number of carbonyl (C=O) groups is 1. The maximum absolute atomic E-state index is 13.4. The van der Waals surface area contributed by atoms with Gasteiger partial charge in [0.05, 0.1) is 7.11 Å². The summed E-state index contributed by atoms with van der Waals surface area (Å²) in [5.74, 6) is 0.210. The van der Waals surface area contributed by atoms with Gasteiger partial charge in [-0.05, 0) is 48.7 Å². The second-order valence-electron chi connectivity index (χ2n) is 6.78. The summed E-state index contributed by atoms with van der Waals surface area (Å²) in [5, 5.41) is 2.99. The van der Waals surface area contributed by atoms with Crippen molar-refractivity contribution in [1.82, 2.24) is 5.32 Å². The smallest absolute Gasteiger partial charge is 0.220 e. The maximum atomic E-state index is 13.4. The number of benzene rings is 2. The SMILES string of the molecule is COc1ccc(SCCC(=O)NCC2CCN(c3ccc(F)c(F)c3)C2)cc1. The van der Waals surface area contributed by atoms with Crippen molar-refractivity contribution in [1.29, 1.82) is 0 Å². The van der Waals surface area contributed by atoms with Crippen molar-refractivity contribution in [2.45, 2.75) is 17.7 Å². The van der Waals surface area contributed by atoms with E-state index in [0.29, 0.717) is 30.3 Å². The number of rotatable bonds is 8. The van der Waals surface area contributed by atoms with E-state index in [2.05, 4.69) is 5.32 Å². The molecular formula is C21H24F2N2O2S. The molecule has 0 radical (unpaired) electrons. The van der Waals surface area contributed by atoms with Crippen molar-refractivity contribution in [2.75, 3.05) is 37.4 Å². The fraction of sp³-hybridized carbons (Fsp3) is 0.381. The van der Waals surface area contributed by atoms with Crippen molar-refractivity contribution in [3.05, 3.63) is 54.1 Å². The number of hydrogen-bond acceptors (Lipinski definition) is 4. The molecule has 1 aliphatic rings. The molecule has 1 fully saturated rings. The highest BCUT2D eigenvalue weighted by molar-refractivity contribution is 7.99. The van der Waals surface area contributed by atoms with Crippen LogP contribution in [0.15, 0.2) is 47.4 Å². The second-order valence-corrected chi connectivity index (χ2v) is 7.95. The zero-order valence-corrected chi connectivity index (χ0v) is 16.6. The van der Waals surface area contributed by atoms with Gasteiger partial charge in [0, 0.05) is 48.5 Å². The number of amides is 1. The van der Waals surface area contributed by atoms with Gasteiger partial charge >= 0.3 is 0 Å². The Morgan fingerprint density at radius 2 is 2.00 bits per heavy atom. The van der Waals surface area contributed by atoms with Crippen LogP contribution in [0, 0.1) is 17.6 Å². The molecule has 0 aromatic heterocycles. The van der Waals surface area contributed by atoms with E-state index in [4.69, 9.17) is 4.74 Å². The molecule has 1 unspecified atom stereocenters. The van der Waals surface area contributed by atoms with Crippen LogP contribution in [0.25, 0.3) is 0 Å². The normalized spacial score (nSPS) is 16.2. The van der Waals surface area contributed by atoms with Gasteiger partial charge in [0.25, 0.3) is 0 Å². The quantitative estimate of drug-likeness (QED) is 0.671. The molecule has 3 rings (SSSR count). The van der Waals surface area contributed by atoms with Gasteiger partial charge in [0.1, 0.15) is 5.75 Å². The van der Waals surface area contributed by atoms with E-state index >= 15 is 0 Å². The number of carbonyl (C=O) groups excluding carboxylic acids is 1. The van der Waals surface area contributed by atoms with Gasteiger partial charge in [-0.15, -0.1) is 11.8 Å². The fourth-order valence-electron chi connectivity index (χ4n) is 3.20. The Morgan fingerprint density at radius 1 is 1.21 bits per heavy atom. The van der Waals surface area contributed by atoms with Gasteiger partial charge < -0.3 is 15.0 Å². The molecule has 28 heavy (non-hydrogen) atoms. The van der Waals surface area contributed by atoms with Crippen molar-refractivity contribution in [3.8, 4) is 5.75 Å². The van der Waals surface area contributed by atoms with Crippen molar-refractivity contribution >= 4 is 23.4 Å². The molecule has 4 nitrogen and oxygen atoms in total. The number of nitrogens with one attached hydrogen (secondary N) is 1. The number of halogens is 2. The molecule has 0 saturated carbocycles. The minimum atomic E-state index is -0.834. The minimum Gasteiger partial charge on any atom is -0.497 e. The third-order valence-corrected chi connectivity index (χ3v) is 5.81. The predicted octanol–water partition coefficient (Wildman–Crippen LogP) is 4.10. The highest BCUT2D eigenvalue weighted by Gasteiger charge is 2.23. The fourth-order valence-corrected chi connectivity index (χ4v) is 4.05. The summed E-state index contributed by atoms with van der Waals surface area (Å²) in [7, 11) is 1.63. The number of nitrogens with zero attached hydrogens (tertiary/aromatic N) is 1. The zero-order valence-electron chi connectivity index (χ0n) is 15.8. The molecule has 1 N–H and O–H groups in total. The summed E-state index contributed by atoms with van der Waals surface area (Å²) >= 11 is 1.64. The molecular weight excluding hydrogens is 382 g/mol. The number of anilines is 1. The molecule has 7 heteroatoms. The molecule has 2 aromatic rings. The lowest BCUT2D eigenvalue weighted by molar-refractivity contribution is -0.120. The van der Waals surface area contributed by atoms with E-state index in [1.54, 1.807) is 24.9 Å². The minimum absolute atomic E-state index is 0.0345. The van der Waals surface area contributed by atoms with Crippen LogP contribution < -0.4 is 15.0 Å². The van der Waals surface area contributed by atoms with Gasteiger partial charge in [-0.2, -0.15) is 0 Å². The summed E-state index contributed by atoms with van der Waals surface area (Å²) in [5.41, 5.74) is 0.684. The first-order chi connectivity index (χ1) is 13.5. The summed E-state index contributed by atoms with van der Waals surface area (Å²) < 4.78 is 31.6. The zero-order chi connectivity index (χ0) is 19.9. The summed E-state index contributed by atoms with van der Waals surface area (Å²) in [6.07, 6.45) is 1.37. The summed E-state index contributed by atoms with van der Waals surface area (Å²) in [6.45, 7) is 2.11. The lowest BCUT2D eigenvalue weighted by Gasteiger charge is -2.19. The van der Waals surface area contributed by atoms with Gasteiger partial charge in [-0.3, -0.25) is 4.79 Å². The topological polar surface area (TPSA) is 41.6 Å². The van der Waals surface area contributed by atoms with E-state index in [-0.39, 0.29) is 5.91 Å². The molecule has 0 spiro atoms. The number of methoxy groups -OCH3 is 1. The van der Waals surface area contributed by atoms with Crippen molar-refractivity contribution in [2.24, 2.45) is 5.92 Å². The van der Waals surface area contributed by atoms with E-state index in [0.717, 1.165) is 36.2 Å². The van der Waals surface area contributed by atoms with Gasteiger partial charge in [0.15, 0.2) is 11.6 Å². The second kappa shape index (κ2) is 9.78. The summed E-state index contributed by atoms with van der Waals surface area (Å²) in [6, 6.07) is 11.7. The molecule has 1 saturated heterocycles. The summed E-state index contributed by atoms with van der Waals surface area (Å²) in [4.78, 5) is 15.2. The number of ether oxygens (including phenoxy) is 1. The Labute approximate surface area is 168 Å². The first kappa shape index (κ1) is 20.5. The molecule has 0 aliphatic carbocycles. The third kappa shape index (κ3) is 5.61. The Balaban J connectivity index is 1.36. The average molecular weight is 406 g/mol. The largest absolute Gasteiger partial charge is 0.497 e. The predicted molar refractivity (Wildman–Crippen MR) is 108 cm³/mol. The standard InChI is InChI=1S/C21H24F2N2O2S/c1-27-17-3-5-18(6-4-17)28-11-9-21(26)24-13-15-8-10-25(14-15)16-2-7-19(22)20(23)12-16/h2-7,12,15H,8-11,13-14H2,1H3,(H,24,26). The molecule has 0 bridgehead atoms. The van der Waals surface area contributed by atoms with E-state index in [9.17, 15) is 13.6 Å². The molecule has 150 valence electrons. The number of hydrogen-bond donors (Lipinski definition) is 1. The van der Waals surface area contributed by atoms with E-state index in [1.807, 2.05) is 29.2 Å². The molecule has 1 aliphatic heterocycles. The van der Waals surface area contributed by atoms with Crippen LogP contribution in [0.5, 0.6) is 5.75 Å². The van der Waals surface area contributed by atoms with Crippen LogP contribution in [0.3, 0.4) is 0 Å². The van der Waals surface area contributed by atoms with Crippen LogP contribution in [0.2, 0.25) is 0 Å². The molecule has 2 aromatic carbocycles. The van der Waals surface area contributed by atoms with Crippen LogP contribution in [0.1, 0.15) is 12.8 Å². The molecule has 1 heterocycles. The van der Waals surface area contributed by atoms with Gasteiger partial charge in [-0.1, -0.05) is 0 Å². The first-order valence-corrected chi connectivity index (χ1v) is 10.3. The Morgan fingerprint density at radius 3 is 2.71 bits per heavy atom. The number of thioether (sulfide) groups is 1. The van der Waals surface area contributed by atoms with Gasteiger partial charge in [0.2, 0.25) is 5.91 Å². The Bertz CT molecular complexity index is 801. The van der Waals surface area contributed by atoms with Crippen LogP contribution in [0.4, 0.5) is 14.5 Å². The highest BCUT2D eigenvalue weighted by Crippen LogP contribution is 2.25. The lowest BCUT2D eigenvalue weighted by atomic mass is 10.1. The van der Waals surface area contributed by atoms with Gasteiger partial charge in [-0.25, -0.2) is 8.78 Å². The lowest BCUT2D eigenvalue weighted by Crippen LogP contribution is -2.31. The highest BCUT2D eigenvalue weighted by atomic mass is 32.2. The molecule has 1 amide bonds. The van der Waals surface area contributed by atoms with Crippen LogP contribution in [-0.2, 0) is 4.79 Å². The average Bonchev–Trinajstić information content (AvgIpc) is 3.18. The Hall–Kier alpha value is -2.28. The van der Waals surface area contributed by atoms with E-state index < -0.39 is 11.6 Å². The first-order valence-electron chi connectivity index (χ1n) is 9.28. The van der Waals surface area contributed by atoms with Crippen LogP contribution in [-0.4, -0.2) is 38.4 Å². The van der Waals surface area contributed by atoms with Crippen molar-refractivity contribution in [3.63, 3.8) is 0 Å². The Kier molecular flexibility index (Phi) is 7.14. The monoisotopic (exact) mass is 406 g/mol. The van der Waals surface area contributed by atoms with Crippen LogP contribution >= 0.6 is 11.8 Å².